The molecule has 4 rings (SSSR count). The molecule has 4 nitrogen and oxygen atoms in total. The minimum Gasteiger partial charge on any atom is -0.410 e. The highest BCUT2D eigenvalue weighted by atomic mass is 16.6. The fourth-order valence-electron chi connectivity index (χ4n) is 3.67. The summed E-state index contributed by atoms with van der Waals surface area (Å²) in [7, 11) is 0. The van der Waals surface area contributed by atoms with Crippen LogP contribution in [0, 0.1) is 0 Å². The average Bonchev–Trinajstić information content (AvgIpc) is 2.58. The van der Waals surface area contributed by atoms with Gasteiger partial charge in [0.05, 0.1) is 5.54 Å². The van der Waals surface area contributed by atoms with Gasteiger partial charge in [-0.15, -0.1) is 0 Å². The standard InChI is InChI=1S/C19H20N2O2/c22-18-20-19(16-8-4-5-9-17(16)23-18)10-12-21(13-11-19)14-15-6-2-1-3-7-15/h1-9H,10-14H2,(H,20,22). The van der Waals surface area contributed by atoms with E-state index in [0.29, 0.717) is 5.75 Å². The molecule has 2 aromatic carbocycles. The van der Waals surface area contributed by atoms with Crippen molar-refractivity contribution in [3.63, 3.8) is 0 Å². The van der Waals surface area contributed by atoms with E-state index in [1.165, 1.54) is 5.56 Å². The second-order valence-electron chi connectivity index (χ2n) is 6.35. The van der Waals surface area contributed by atoms with Crippen molar-refractivity contribution in [2.75, 3.05) is 13.1 Å². The number of para-hydroxylation sites is 1. The van der Waals surface area contributed by atoms with Gasteiger partial charge in [-0.2, -0.15) is 0 Å². The smallest absolute Gasteiger partial charge is 0.410 e. The van der Waals surface area contributed by atoms with Crippen LogP contribution in [-0.2, 0) is 12.1 Å². The fourth-order valence-corrected chi connectivity index (χ4v) is 3.67. The largest absolute Gasteiger partial charge is 0.413 e. The van der Waals surface area contributed by atoms with Crippen molar-refractivity contribution in [1.82, 2.24) is 10.2 Å². The Hall–Kier alpha value is -2.33. The number of amides is 1. The van der Waals surface area contributed by atoms with Gasteiger partial charge in [-0.1, -0.05) is 48.5 Å². The Morgan fingerprint density at radius 2 is 1.70 bits per heavy atom. The van der Waals surface area contributed by atoms with Crippen LogP contribution in [-0.4, -0.2) is 24.1 Å². The van der Waals surface area contributed by atoms with Gasteiger partial charge in [0, 0.05) is 25.2 Å². The number of nitrogens with one attached hydrogen (secondary N) is 1. The summed E-state index contributed by atoms with van der Waals surface area (Å²) >= 11 is 0. The third kappa shape index (κ3) is 2.70. The van der Waals surface area contributed by atoms with Crippen LogP contribution in [0.25, 0.3) is 0 Å². The highest BCUT2D eigenvalue weighted by Gasteiger charge is 2.42. The quantitative estimate of drug-likeness (QED) is 0.925. The average molecular weight is 308 g/mol. The van der Waals surface area contributed by atoms with Crippen LogP contribution in [0.3, 0.4) is 0 Å². The molecule has 1 N–H and O–H groups in total. The lowest BCUT2D eigenvalue weighted by atomic mass is 9.79. The van der Waals surface area contributed by atoms with Gasteiger partial charge in [0.2, 0.25) is 0 Å². The number of fused-ring (bicyclic) bond motifs is 2. The first kappa shape index (κ1) is 14.3. The molecular weight excluding hydrogens is 288 g/mol. The van der Waals surface area contributed by atoms with Crippen LogP contribution in [0.4, 0.5) is 4.79 Å². The molecule has 0 aromatic heterocycles. The van der Waals surface area contributed by atoms with Gasteiger partial charge in [0.15, 0.2) is 0 Å². The maximum atomic E-state index is 11.9. The van der Waals surface area contributed by atoms with Crippen molar-refractivity contribution < 1.29 is 9.53 Å². The zero-order valence-electron chi connectivity index (χ0n) is 13.0. The van der Waals surface area contributed by atoms with Crippen LogP contribution in [0.1, 0.15) is 24.0 Å². The van der Waals surface area contributed by atoms with Crippen LogP contribution in [0.5, 0.6) is 5.75 Å². The normalized spacial score (nSPS) is 19.7. The lowest BCUT2D eigenvalue weighted by Crippen LogP contribution is -2.56. The Morgan fingerprint density at radius 1 is 1.00 bits per heavy atom. The maximum absolute atomic E-state index is 11.9. The lowest BCUT2D eigenvalue weighted by Gasteiger charge is -2.44. The van der Waals surface area contributed by atoms with Gasteiger partial charge >= 0.3 is 6.09 Å². The zero-order chi connectivity index (χ0) is 15.7. The molecule has 2 heterocycles. The molecule has 1 spiro atoms. The van der Waals surface area contributed by atoms with Crippen molar-refractivity contribution in [1.29, 1.82) is 0 Å². The van der Waals surface area contributed by atoms with E-state index in [4.69, 9.17) is 4.74 Å². The molecule has 0 unspecified atom stereocenters. The van der Waals surface area contributed by atoms with E-state index in [1.54, 1.807) is 0 Å². The number of hydrogen-bond donors (Lipinski definition) is 1. The van der Waals surface area contributed by atoms with E-state index in [0.717, 1.165) is 38.0 Å². The molecule has 0 atom stereocenters. The number of piperidine rings is 1. The molecule has 2 aliphatic heterocycles. The first-order valence-electron chi connectivity index (χ1n) is 8.11. The summed E-state index contributed by atoms with van der Waals surface area (Å²) in [5, 5.41) is 3.08. The number of rotatable bonds is 2. The molecule has 2 aliphatic rings. The molecule has 1 saturated heterocycles. The van der Waals surface area contributed by atoms with E-state index in [9.17, 15) is 4.79 Å². The molecule has 0 radical (unpaired) electrons. The Bertz CT molecular complexity index is 706. The minimum absolute atomic E-state index is 0.279. The summed E-state index contributed by atoms with van der Waals surface area (Å²) in [4.78, 5) is 14.4. The Kier molecular flexibility index (Phi) is 3.54. The van der Waals surface area contributed by atoms with Gasteiger partial charge < -0.3 is 10.1 Å². The van der Waals surface area contributed by atoms with Crippen LogP contribution >= 0.6 is 0 Å². The van der Waals surface area contributed by atoms with E-state index >= 15 is 0 Å². The second kappa shape index (κ2) is 5.70. The molecular formula is C19H20N2O2. The molecule has 0 bridgehead atoms. The molecule has 0 aliphatic carbocycles. The molecule has 0 saturated carbocycles. The zero-order valence-corrected chi connectivity index (χ0v) is 13.0. The van der Waals surface area contributed by atoms with Crippen LogP contribution < -0.4 is 10.1 Å². The van der Waals surface area contributed by atoms with Crippen molar-refractivity contribution >= 4 is 6.09 Å². The molecule has 23 heavy (non-hydrogen) atoms. The maximum Gasteiger partial charge on any atom is 0.413 e. The first-order chi connectivity index (χ1) is 11.3. The summed E-state index contributed by atoms with van der Waals surface area (Å²) in [6, 6.07) is 18.4. The number of benzene rings is 2. The Balaban J connectivity index is 1.52. The van der Waals surface area contributed by atoms with Crippen molar-refractivity contribution in [3.05, 3.63) is 65.7 Å². The number of ether oxygens (including phenoxy) is 1. The first-order valence-corrected chi connectivity index (χ1v) is 8.11. The monoisotopic (exact) mass is 308 g/mol. The Morgan fingerprint density at radius 3 is 2.48 bits per heavy atom. The second-order valence-corrected chi connectivity index (χ2v) is 6.35. The number of carbonyl (C=O) groups excluding carboxylic acids is 1. The number of hydrogen-bond acceptors (Lipinski definition) is 3. The number of carbonyl (C=O) groups is 1. The van der Waals surface area contributed by atoms with E-state index < -0.39 is 0 Å². The minimum atomic E-state index is -0.333. The Labute approximate surface area is 136 Å². The van der Waals surface area contributed by atoms with Crippen molar-refractivity contribution in [3.8, 4) is 5.75 Å². The van der Waals surface area contributed by atoms with Gasteiger partial charge in [-0.25, -0.2) is 4.79 Å². The van der Waals surface area contributed by atoms with Gasteiger partial charge in [0.1, 0.15) is 5.75 Å². The SMILES string of the molecule is O=C1NC2(CCN(Cc3ccccc3)CC2)c2ccccc2O1. The predicted molar refractivity (Wildman–Crippen MR) is 88.2 cm³/mol. The fraction of sp³-hybridized carbons (Fsp3) is 0.316. The molecule has 2 aromatic rings. The predicted octanol–water partition coefficient (Wildman–Crippen LogP) is 3.28. The molecule has 1 amide bonds. The summed E-state index contributed by atoms with van der Waals surface area (Å²) in [6.07, 6.45) is 1.48. The van der Waals surface area contributed by atoms with Crippen LogP contribution in [0.2, 0.25) is 0 Å². The number of likely N-dealkylation sites (tertiary alicyclic amines) is 1. The van der Waals surface area contributed by atoms with Crippen molar-refractivity contribution in [2.24, 2.45) is 0 Å². The summed E-state index contributed by atoms with van der Waals surface area (Å²) < 4.78 is 5.32. The van der Waals surface area contributed by atoms with Crippen molar-refractivity contribution in [2.45, 2.75) is 24.9 Å². The summed E-state index contributed by atoms with van der Waals surface area (Å²) in [5.41, 5.74) is 2.16. The van der Waals surface area contributed by atoms with E-state index in [1.807, 2.05) is 24.3 Å². The molecule has 1 fully saturated rings. The molecule has 4 heteroatoms. The van der Waals surface area contributed by atoms with E-state index in [-0.39, 0.29) is 11.6 Å². The van der Waals surface area contributed by atoms with Crippen LogP contribution in [0.15, 0.2) is 54.6 Å². The number of nitrogens with zero attached hydrogens (tertiary/aromatic N) is 1. The summed E-state index contributed by atoms with van der Waals surface area (Å²) in [5.74, 6) is 0.702. The summed E-state index contributed by atoms with van der Waals surface area (Å²) in [6.45, 7) is 2.88. The van der Waals surface area contributed by atoms with E-state index in [2.05, 4.69) is 40.5 Å². The third-order valence-corrected chi connectivity index (χ3v) is 4.91. The third-order valence-electron chi connectivity index (χ3n) is 4.91. The highest BCUT2D eigenvalue weighted by molar-refractivity contribution is 5.75. The van der Waals surface area contributed by atoms with Gasteiger partial charge in [0.25, 0.3) is 0 Å². The highest BCUT2D eigenvalue weighted by Crippen LogP contribution is 2.40. The molecule has 118 valence electrons. The van der Waals surface area contributed by atoms with Gasteiger partial charge in [-0.3, -0.25) is 4.90 Å². The lowest BCUT2D eigenvalue weighted by molar-refractivity contribution is 0.107. The topological polar surface area (TPSA) is 41.6 Å². The van der Waals surface area contributed by atoms with Gasteiger partial charge in [-0.05, 0) is 24.5 Å².